The molecule has 2 heterocycles. The monoisotopic (exact) mass is 365 g/mol. The summed E-state index contributed by atoms with van der Waals surface area (Å²) in [7, 11) is -3.99. The number of hydrogen-bond donors (Lipinski definition) is 1. The van der Waals surface area contributed by atoms with E-state index in [1.165, 1.54) is 17.9 Å². The molecule has 1 saturated heterocycles. The summed E-state index contributed by atoms with van der Waals surface area (Å²) in [6.45, 7) is 1.75. The molecule has 1 aliphatic rings. The Kier molecular flexibility index (Phi) is 4.77. The standard InChI is InChI=1S/C16H18N2O4S2/c19-16(20)15-14(8-11-23-15)24(21,22)17-12-6-2-3-7-13(12)18-9-4-1-5-10-18/h2-3,6-8,11,17H,1,4-5,9-10H2,(H,19,20)/p-1. The quantitative estimate of drug-likeness (QED) is 0.874. The molecule has 0 saturated carbocycles. The highest BCUT2D eigenvalue weighted by Crippen LogP contribution is 2.31. The topological polar surface area (TPSA) is 89.5 Å². The zero-order valence-corrected chi connectivity index (χ0v) is 14.5. The van der Waals surface area contributed by atoms with Crippen molar-refractivity contribution < 1.29 is 18.3 Å². The van der Waals surface area contributed by atoms with Gasteiger partial charge in [0.05, 0.1) is 22.2 Å². The number of benzene rings is 1. The Morgan fingerprint density at radius 3 is 2.54 bits per heavy atom. The number of carboxylic acid groups (broad SMARTS) is 1. The minimum Gasteiger partial charge on any atom is -0.544 e. The normalized spacial score (nSPS) is 15.2. The molecule has 6 nitrogen and oxygen atoms in total. The summed E-state index contributed by atoms with van der Waals surface area (Å²) >= 11 is 0.836. The summed E-state index contributed by atoms with van der Waals surface area (Å²) in [5, 5.41) is 12.5. The van der Waals surface area contributed by atoms with Crippen molar-refractivity contribution in [3.8, 4) is 0 Å². The second-order valence-corrected chi connectivity index (χ2v) is 8.14. The van der Waals surface area contributed by atoms with Gasteiger partial charge < -0.3 is 14.8 Å². The van der Waals surface area contributed by atoms with E-state index in [-0.39, 0.29) is 9.77 Å². The molecule has 2 aromatic rings. The van der Waals surface area contributed by atoms with E-state index in [0.29, 0.717) is 5.69 Å². The summed E-state index contributed by atoms with van der Waals surface area (Å²) in [6, 6.07) is 8.45. The zero-order chi connectivity index (χ0) is 17.2. The van der Waals surface area contributed by atoms with Crippen LogP contribution in [0.25, 0.3) is 0 Å². The van der Waals surface area contributed by atoms with Crippen LogP contribution >= 0.6 is 11.3 Å². The van der Waals surface area contributed by atoms with E-state index in [4.69, 9.17) is 0 Å². The highest BCUT2D eigenvalue weighted by atomic mass is 32.2. The van der Waals surface area contributed by atoms with Gasteiger partial charge in [0, 0.05) is 13.1 Å². The van der Waals surface area contributed by atoms with Gasteiger partial charge in [0.1, 0.15) is 4.90 Å². The maximum Gasteiger partial charge on any atom is 0.263 e. The molecule has 0 spiro atoms. The second kappa shape index (κ2) is 6.82. The van der Waals surface area contributed by atoms with Crippen molar-refractivity contribution in [3.63, 3.8) is 0 Å². The van der Waals surface area contributed by atoms with E-state index < -0.39 is 16.0 Å². The van der Waals surface area contributed by atoms with Gasteiger partial charge in [-0.3, -0.25) is 4.72 Å². The Morgan fingerprint density at radius 2 is 1.83 bits per heavy atom. The smallest absolute Gasteiger partial charge is 0.263 e. The fourth-order valence-corrected chi connectivity index (χ4v) is 5.16. The Morgan fingerprint density at radius 1 is 1.12 bits per heavy atom. The van der Waals surface area contributed by atoms with E-state index in [2.05, 4.69) is 9.62 Å². The third-order valence-corrected chi connectivity index (χ3v) is 6.38. The molecule has 1 aliphatic heterocycles. The minimum atomic E-state index is -3.99. The molecule has 0 atom stereocenters. The van der Waals surface area contributed by atoms with Crippen LogP contribution in [0.1, 0.15) is 28.9 Å². The van der Waals surface area contributed by atoms with Crippen LogP contribution in [0.4, 0.5) is 11.4 Å². The Balaban J connectivity index is 1.93. The van der Waals surface area contributed by atoms with E-state index in [1.807, 2.05) is 12.1 Å². The number of carboxylic acids is 1. The molecule has 0 amide bonds. The van der Waals surface area contributed by atoms with Crippen molar-refractivity contribution in [3.05, 3.63) is 40.6 Å². The number of hydrogen-bond acceptors (Lipinski definition) is 6. The van der Waals surface area contributed by atoms with Crippen LogP contribution in [0.3, 0.4) is 0 Å². The van der Waals surface area contributed by atoms with Crippen molar-refractivity contribution in [2.75, 3.05) is 22.7 Å². The van der Waals surface area contributed by atoms with E-state index in [0.717, 1.165) is 43.0 Å². The van der Waals surface area contributed by atoms with Crippen molar-refractivity contribution in [2.45, 2.75) is 24.2 Å². The molecule has 3 rings (SSSR count). The number of carbonyl (C=O) groups is 1. The molecule has 1 aromatic heterocycles. The highest BCUT2D eigenvalue weighted by Gasteiger charge is 2.23. The number of rotatable bonds is 5. The SMILES string of the molecule is O=C([O-])c1sccc1S(=O)(=O)Nc1ccccc1N1CCCCC1. The Labute approximate surface area is 144 Å². The number of aromatic carboxylic acids is 1. The van der Waals surface area contributed by atoms with Gasteiger partial charge >= 0.3 is 0 Å². The number of thiophene rings is 1. The van der Waals surface area contributed by atoms with E-state index in [1.54, 1.807) is 12.1 Å². The maximum atomic E-state index is 12.6. The van der Waals surface area contributed by atoms with Crippen molar-refractivity contribution >= 4 is 38.7 Å². The van der Waals surface area contributed by atoms with Crippen LogP contribution < -0.4 is 14.7 Å². The maximum absolute atomic E-state index is 12.6. The first kappa shape index (κ1) is 16.8. The number of nitrogens with zero attached hydrogens (tertiary/aromatic N) is 1. The molecule has 1 aromatic carbocycles. The van der Waals surface area contributed by atoms with Crippen LogP contribution in [0.2, 0.25) is 0 Å². The van der Waals surface area contributed by atoms with Crippen molar-refractivity contribution in [1.82, 2.24) is 0 Å². The summed E-state index contributed by atoms with van der Waals surface area (Å²) < 4.78 is 27.7. The van der Waals surface area contributed by atoms with Crippen LogP contribution in [-0.2, 0) is 10.0 Å². The first-order valence-corrected chi connectivity index (χ1v) is 10.0. The average molecular weight is 365 g/mol. The Bertz CT molecular complexity index is 839. The summed E-state index contributed by atoms with van der Waals surface area (Å²) in [5.74, 6) is -1.49. The number of anilines is 2. The summed E-state index contributed by atoms with van der Waals surface area (Å²) in [4.78, 5) is 12.7. The van der Waals surface area contributed by atoms with E-state index >= 15 is 0 Å². The van der Waals surface area contributed by atoms with Crippen LogP contribution in [0.15, 0.2) is 40.6 Å². The molecule has 1 N–H and O–H groups in total. The third kappa shape index (κ3) is 3.39. The molecule has 0 aliphatic carbocycles. The molecule has 128 valence electrons. The first-order chi connectivity index (χ1) is 11.5. The molecule has 0 radical (unpaired) electrons. The van der Waals surface area contributed by atoms with Gasteiger partial charge in [0.25, 0.3) is 10.0 Å². The number of sulfonamides is 1. The van der Waals surface area contributed by atoms with Crippen molar-refractivity contribution in [1.29, 1.82) is 0 Å². The van der Waals surface area contributed by atoms with Gasteiger partial charge in [-0.2, -0.15) is 0 Å². The second-order valence-electron chi connectivity index (χ2n) is 5.57. The molecule has 24 heavy (non-hydrogen) atoms. The predicted octanol–water partition coefficient (Wildman–Crippen LogP) is 1.90. The van der Waals surface area contributed by atoms with Crippen LogP contribution in [0.5, 0.6) is 0 Å². The number of piperidine rings is 1. The molecular formula is C16H17N2O4S2-. The first-order valence-electron chi connectivity index (χ1n) is 7.65. The lowest BCUT2D eigenvalue weighted by Gasteiger charge is -2.30. The van der Waals surface area contributed by atoms with Crippen LogP contribution in [0, 0.1) is 0 Å². The fraction of sp³-hybridized carbons (Fsp3) is 0.312. The highest BCUT2D eigenvalue weighted by molar-refractivity contribution is 7.93. The number of nitrogens with one attached hydrogen (secondary N) is 1. The lowest BCUT2D eigenvalue weighted by molar-refractivity contribution is -0.254. The lowest BCUT2D eigenvalue weighted by Crippen LogP contribution is -2.30. The molecule has 1 fully saturated rings. The number of para-hydroxylation sites is 2. The summed E-state index contributed by atoms with van der Waals surface area (Å²) in [6.07, 6.45) is 3.31. The van der Waals surface area contributed by atoms with E-state index in [9.17, 15) is 18.3 Å². The predicted molar refractivity (Wildman–Crippen MR) is 92.0 cm³/mol. The Hall–Kier alpha value is -2.06. The van der Waals surface area contributed by atoms with Gasteiger partial charge in [-0.15, -0.1) is 11.3 Å². The minimum absolute atomic E-state index is 0.263. The van der Waals surface area contributed by atoms with Gasteiger partial charge in [-0.05, 0) is 42.8 Å². The molecular weight excluding hydrogens is 348 g/mol. The van der Waals surface area contributed by atoms with Gasteiger partial charge in [0.15, 0.2) is 0 Å². The zero-order valence-electron chi connectivity index (χ0n) is 12.9. The molecule has 0 unspecified atom stereocenters. The largest absolute Gasteiger partial charge is 0.544 e. The van der Waals surface area contributed by atoms with Gasteiger partial charge in [-0.1, -0.05) is 12.1 Å². The molecule has 0 bridgehead atoms. The van der Waals surface area contributed by atoms with Gasteiger partial charge in [0.2, 0.25) is 0 Å². The average Bonchev–Trinajstić information content (AvgIpc) is 3.07. The molecule has 8 heteroatoms. The fourth-order valence-electron chi connectivity index (χ4n) is 2.83. The third-order valence-electron chi connectivity index (χ3n) is 3.95. The van der Waals surface area contributed by atoms with Crippen LogP contribution in [-0.4, -0.2) is 27.5 Å². The van der Waals surface area contributed by atoms with Gasteiger partial charge in [-0.25, -0.2) is 8.42 Å². The summed E-state index contributed by atoms with van der Waals surface area (Å²) in [5.41, 5.74) is 1.26. The van der Waals surface area contributed by atoms with Crippen molar-refractivity contribution in [2.24, 2.45) is 0 Å². The number of carbonyl (C=O) groups excluding carboxylic acids is 1. The lowest BCUT2D eigenvalue weighted by atomic mass is 10.1.